The number of hydrogen-bond donors (Lipinski definition) is 0. The van der Waals surface area contributed by atoms with Crippen molar-refractivity contribution in [2.75, 3.05) is 13.2 Å². The molecule has 0 rings (SSSR count). The lowest BCUT2D eigenvalue weighted by Gasteiger charge is -2.18. The van der Waals surface area contributed by atoms with Crippen molar-refractivity contribution in [2.45, 2.75) is 168 Å². The predicted molar refractivity (Wildman–Crippen MR) is 251 cm³/mol. The lowest BCUT2D eigenvalue weighted by Crippen LogP contribution is -2.30. The molecule has 59 heavy (non-hydrogen) atoms. The zero-order valence-corrected chi connectivity index (χ0v) is 37.2. The number of rotatable bonds is 38. The molecule has 0 bridgehead atoms. The summed E-state index contributed by atoms with van der Waals surface area (Å²) in [7, 11) is 0. The van der Waals surface area contributed by atoms with Crippen molar-refractivity contribution in [3.63, 3.8) is 0 Å². The number of carbonyl (C=O) groups is 3. The van der Waals surface area contributed by atoms with Crippen molar-refractivity contribution in [2.24, 2.45) is 0 Å². The van der Waals surface area contributed by atoms with Gasteiger partial charge in [-0.3, -0.25) is 14.4 Å². The second-order valence-electron chi connectivity index (χ2n) is 14.3. The van der Waals surface area contributed by atoms with E-state index in [0.717, 1.165) is 116 Å². The summed E-state index contributed by atoms with van der Waals surface area (Å²) in [5.74, 6) is -1.04. The Hall–Kier alpha value is -4.45. The molecule has 0 spiro atoms. The third-order valence-corrected chi connectivity index (χ3v) is 8.82. The average Bonchev–Trinajstić information content (AvgIpc) is 3.23. The summed E-state index contributed by atoms with van der Waals surface area (Å²) in [6.45, 7) is 6.11. The van der Waals surface area contributed by atoms with Crippen molar-refractivity contribution < 1.29 is 28.6 Å². The van der Waals surface area contributed by atoms with E-state index in [1.807, 2.05) is 48.6 Å². The Morgan fingerprint density at radius 2 is 0.712 bits per heavy atom. The molecule has 6 nitrogen and oxygen atoms in total. The Morgan fingerprint density at radius 3 is 1.20 bits per heavy atom. The van der Waals surface area contributed by atoms with Gasteiger partial charge in [0.15, 0.2) is 6.10 Å². The molecule has 0 amide bonds. The summed E-state index contributed by atoms with van der Waals surface area (Å²) in [6.07, 6.45) is 64.4. The molecule has 6 heteroatoms. The molecule has 0 aliphatic heterocycles. The number of hydrogen-bond acceptors (Lipinski definition) is 6. The van der Waals surface area contributed by atoms with E-state index in [2.05, 4.69) is 106 Å². The molecule has 0 aliphatic rings. The maximum atomic E-state index is 12.7. The first-order valence-electron chi connectivity index (χ1n) is 22.8. The Kier molecular flexibility index (Phi) is 42.8. The third kappa shape index (κ3) is 44.5. The third-order valence-electron chi connectivity index (χ3n) is 8.82. The van der Waals surface area contributed by atoms with Crippen LogP contribution in [0.2, 0.25) is 0 Å². The van der Waals surface area contributed by atoms with E-state index in [4.69, 9.17) is 14.2 Å². The number of esters is 3. The van der Waals surface area contributed by atoms with Gasteiger partial charge in [-0.1, -0.05) is 193 Å². The van der Waals surface area contributed by atoms with Crippen molar-refractivity contribution >= 4 is 17.9 Å². The van der Waals surface area contributed by atoms with Gasteiger partial charge in [-0.05, 0) is 83.5 Å². The first kappa shape index (κ1) is 54.6. The molecule has 328 valence electrons. The van der Waals surface area contributed by atoms with Crippen LogP contribution in [-0.4, -0.2) is 37.2 Å². The lowest BCUT2D eigenvalue weighted by atomic mass is 10.1. The number of unbranched alkanes of at least 4 members (excludes halogenated alkanes) is 11. The topological polar surface area (TPSA) is 78.9 Å². The monoisotopic (exact) mass is 813 g/mol. The molecule has 0 saturated carbocycles. The molecule has 0 aromatic rings. The fourth-order valence-electron chi connectivity index (χ4n) is 5.48. The van der Waals surface area contributed by atoms with Crippen molar-refractivity contribution in [1.29, 1.82) is 0 Å². The van der Waals surface area contributed by atoms with Crippen molar-refractivity contribution in [1.82, 2.24) is 0 Å². The summed E-state index contributed by atoms with van der Waals surface area (Å²) in [6, 6.07) is 0. The summed E-state index contributed by atoms with van der Waals surface area (Å²) >= 11 is 0. The molecule has 0 aromatic heterocycles. The van der Waals surface area contributed by atoms with Gasteiger partial charge in [0.25, 0.3) is 0 Å². The van der Waals surface area contributed by atoms with E-state index >= 15 is 0 Å². The van der Waals surface area contributed by atoms with E-state index in [9.17, 15) is 14.4 Å². The standard InChI is InChI=1S/C53H80O6/c1-4-7-10-13-16-19-22-24-26-28-31-34-37-40-43-46-52(55)58-49-50(48-57-51(54)45-42-39-36-33-30-21-18-15-12-9-6-3)59-53(56)47-44-41-38-35-32-29-27-25-23-20-17-14-11-8-5-2/h7-14,16-27,33,36,50H,4-6,15,28-32,34-35,37-49H2,1-3H3/b10-7-,11-8-,12-9-,16-13-,17-14-,21-18-,22-19-,23-20-,26-24-,27-25-,36-33-. The summed E-state index contributed by atoms with van der Waals surface area (Å²) in [5, 5.41) is 0. The minimum Gasteiger partial charge on any atom is -0.462 e. The smallest absolute Gasteiger partial charge is 0.306 e. The Balaban J connectivity index is 4.56. The number of ether oxygens (including phenoxy) is 3. The maximum absolute atomic E-state index is 12.7. The van der Waals surface area contributed by atoms with Crippen LogP contribution < -0.4 is 0 Å². The van der Waals surface area contributed by atoms with Gasteiger partial charge in [-0.15, -0.1) is 0 Å². The number of carbonyl (C=O) groups excluding carboxylic acids is 3. The second kappa shape index (κ2) is 46.2. The normalized spacial score (nSPS) is 13.3. The Morgan fingerprint density at radius 1 is 0.356 bits per heavy atom. The van der Waals surface area contributed by atoms with Gasteiger partial charge in [-0.25, -0.2) is 0 Å². The van der Waals surface area contributed by atoms with Gasteiger partial charge in [0.2, 0.25) is 0 Å². The highest BCUT2D eigenvalue weighted by molar-refractivity contribution is 5.71. The van der Waals surface area contributed by atoms with Crippen LogP contribution in [0.3, 0.4) is 0 Å². The minimum atomic E-state index is -0.824. The van der Waals surface area contributed by atoms with Crippen molar-refractivity contribution in [3.05, 3.63) is 134 Å². The van der Waals surface area contributed by atoms with Crippen molar-refractivity contribution in [3.8, 4) is 0 Å². The zero-order chi connectivity index (χ0) is 43.0. The van der Waals surface area contributed by atoms with E-state index in [1.165, 1.54) is 0 Å². The Labute approximate surface area is 360 Å². The fraction of sp³-hybridized carbons (Fsp3) is 0.528. The molecule has 1 unspecified atom stereocenters. The van der Waals surface area contributed by atoms with Crippen LogP contribution in [0.15, 0.2) is 134 Å². The van der Waals surface area contributed by atoms with E-state index in [0.29, 0.717) is 12.8 Å². The summed E-state index contributed by atoms with van der Waals surface area (Å²) < 4.78 is 16.6. The highest BCUT2D eigenvalue weighted by Crippen LogP contribution is 2.12. The van der Waals surface area contributed by atoms with E-state index in [-0.39, 0.29) is 44.0 Å². The van der Waals surface area contributed by atoms with Gasteiger partial charge in [0.05, 0.1) is 0 Å². The van der Waals surface area contributed by atoms with Gasteiger partial charge >= 0.3 is 17.9 Å². The molecule has 0 aromatic carbocycles. The van der Waals surface area contributed by atoms with Crippen LogP contribution in [0.1, 0.15) is 162 Å². The lowest BCUT2D eigenvalue weighted by molar-refractivity contribution is -0.167. The van der Waals surface area contributed by atoms with Gasteiger partial charge < -0.3 is 14.2 Å². The van der Waals surface area contributed by atoms with Crippen LogP contribution >= 0.6 is 0 Å². The van der Waals surface area contributed by atoms with E-state index in [1.54, 1.807) is 0 Å². The van der Waals surface area contributed by atoms with E-state index < -0.39 is 6.10 Å². The molecular formula is C53H80O6. The molecule has 0 heterocycles. The minimum absolute atomic E-state index is 0.122. The SMILES string of the molecule is CC\C=C/C=C\C=C/C=C\CCCCCCCC(=O)OCC(COC(=O)CCC/C=C\C/C=C\C/C=C\CC)OC(=O)CCCCCCC\C=C/C=C\C=C/C=C\CC. The predicted octanol–water partition coefficient (Wildman–Crippen LogP) is 14.7. The molecular weight excluding hydrogens is 733 g/mol. The van der Waals surface area contributed by atoms with Crippen LogP contribution in [0.5, 0.6) is 0 Å². The average molecular weight is 813 g/mol. The van der Waals surface area contributed by atoms with Gasteiger partial charge in [0, 0.05) is 19.3 Å². The molecule has 0 saturated heterocycles. The fourth-order valence-corrected chi connectivity index (χ4v) is 5.48. The molecule has 0 radical (unpaired) electrons. The summed E-state index contributed by atoms with van der Waals surface area (Å²) in [5.41, 5.74) is 0. The molecule has 0 fully saturated rings. The highest BCUT2D eigenvalue weighted by Gasteiger charge is 2.19. The number of allylic oxidation sites excluding steroid dienone is 22. The van der Waals surface area contributed by atoms with Crippen LogP contribution in [0, 0.1) is 0 Å². The first-order valence-corrected chi connectivity index (χ1v) is 22.8. The zero-order valence-electron chi connectivity index (χ0n) is 37.2. The largest absolute Gasteiger partial charge is 0.462 e. The maximum Gasteiger partial charge on any atom is 0.306 e. The molecule has 0 N–H and O–H groups in total. The van der Waals surface area contributed by atoms with Crippen LogP contribution in [0.4, 0.5) is 0 Å². The Bertz CT molecular complexity index is 1350. The summed E-state index contributed by atoms with van der Waals surface area (Å²) in [4.78, 5) is 37.8. The second-order valence-corrected chi connectivity index (χ2v) is 14.3. The molecule has 1 atom stereocenters. The van der Waals surface area contributed by atoms with Gasteiger partial charge in [0.1, 0.15) is 13.2 Å². The molecule has 0 aliphatic carbocycles. The van der Waals surface area contributed by atoms with Crippen LogP contribution in [-0.2, 0) is 28.6 Å². The first-order chi connectivity index (χ1) is 29.0. The quantitative estimate of drug-likeness (QED) is 0.0203. The highest BCUT2D eigenvalue weighted by atomic mass is 16.6. The van der Waals surface area contributed by atoms with Crippen LogP contribution in [0.25, 0.3) is 0 Å². The van der Waals surface area contributed by atoms with Gasteiger partial charge in [-0.2, -0.15) is 0 Å².